The zero-order valence-corrected chi connectivity index (χ0v) is 20.5. The van der Waals surface area contributed by atoms with E-state index in [0.29, 0.717) is 22.4 Å². The van der Waals surface area contributed by atoms with E-state index in [9.17, 15) is 4.39 Å². The summed E-state index contributed by atoms with van der Waals surface area (Å²) < 4.78 is 49.2. The van der Waals surface area contributed by atoms with Gasteiger partial charge in [-0.1, -0.05) is 92.6 Å². The maximum Gasteiger partial charge on any atom is 0.167 e. The molecule has 4 rings (SSSR count). The third kappa shape index (κ3) is 5.88. The van der Waals surface area contributed by atoms with Crippen molar-refractivity contribution in [2.24, 2.45) is 0 Å². The first-order valence-electron chi connectivity index (χ1n) is 12.2. The number of hydrogen-bond donors (Lipinski definition) is 0. The summed E-state index contributed by atoms with van der Waals surface area (Å²) in [6.07, 6.45) is 7.89. The van der Waals surface area contributed by atoms with E-state index in [1.54, 1.807) is 60.7 Å². The average Bonchev–Trinajstić information content (AvgIpc) is 2.90. The van der Waals surface area contributed by atoms with Crippen LogP contribution in [-0.4, -0.2) is 7.11 Å². The van der Waals surface area contributed by atoms with Crippen molar-refractivity contribution in [3.05, 3.63) is 113 Å². The van der Waals surface area contributed by atoms with Crippen LogP contribution in [0.1, 0.15) is 42.9 Å². The summed E-state index contributed by atoms with van der Waals surface area (Å²) in [7, 11) is 1.49. The second-order valence-electron chi connectivity index (χ2n) is 8.79. The predicted molar refractivity (Wildman–Crippen MR) is 142 cm³/mol. The van der Waals surface area contributed by atoms with Crippen LogP contribution in [0.3, 0.4) is 0 Å². The number of hydrogen-bond acceptors (Lipinski definition) is 1. The summed E-state index contributed by atoms with van der Waals surface area (Å²) in [6, 6.07) is 22.6. The highest BCUT2D eigenvalue weighted by Crippen LogP contribution is 2.32. The molecule has 0 atom stereocenters. The van der Waals surface area contributed by atoms with Gasteiger partial charge in [0.2, 0.25) is 0 Å². The fraction of sp³-hybridized carbons (Fsp3) is 0.188. The largest absolute Gasteiger partial charge is 0.497 e. The van der Waals surface area contributed by atoms with Crippen LogP contribution in [0, 0.1) is 17.5 Å². The lowest BCUT2D eigenvalue weighted by molar-refractivity contribution is 0.411. The highest BCUT2D eigenvalue weighted by molar-refractivity contribution is 5.75. The molecule has 0 N–H and O–H groups in total. The lowest BCUT2D eigenvalue weighted by Crippen LogP contribution is -1.94. The molecule has 4 aromatic rings. The van der Waals surface area contributed by atoms with Gasteiger partial charge in [0, 0.05) is 22.8 Å². The van der Waals surface area contributed by atoms with Gasteiger partial charge >= 0.3 is 0 Å². The number of halogens is 3. The highest BCUT2D eigenvalue weighted by atomic mass is 19.2. The Hall–Kier alpha value is -3.79. The molecule has 0 aliphatic carbocycles. The van der Waals surface area contributed by atoms with Crippen LogP contribution in [0.2, 0.25) is 0 Å². The van der Waals surface area contributed by atoms with E-state index in [1.807, 2.05) is 24.3 Å². The minimum Gasteiger partial charge on any atom is -0.497 e. The molecule has 184 valence electrons. The molecule has 0 radical (unpaired) electrons. The zero-order valence-electron chi connectivity index (χ0n) is 20.5. The normalized spacial score (nSPS) is 11.2. The molecule has 4 aromatic carbocycles. The van der Waals surface area contributed by atoms with Crippen LogP contribution >= 0.6 is 0 Å². The van der Waals surface area contributed by atoms with Crippen LogP contribution in [0.25, 0.3) is 34.4 Å². The van der Waals surface area contributed by atoms with Gasteiger partial charge in [-0.15, -0.1) is 0 Å². The Bertz CT molecular complexity index is 1340. The van der Waals surface area contributed by atoms with Crippen molar-refractivity contribution in [1.82, 2.24) is 0 Å². The van der Waals surface area contributed by atoms with Crippen LogP contribution in [0.15, 0.2) is 78.9 Å². The smallest absolute Gasteiger partial charge is 0.167 e. The molecule has 0 saturated carbocycles. The molecular weight excluding hydrogens is 457 g/mol. The Labute approximate surface area is 210 Å². The monoisotopic (exact) mass is 486 g/mol. The van der Waals surface area contributed by atoms with E-state index in [-0.39, 0.29) is 16.9 Å². The van der Waals surface area contributed by atoms with Crippen molar-refractivity contribution in [3.63, 3.8) is 0 Å². The predicted octanol–water partition coefficient (Wildman–Crippen LogP) is 9.35. The van der Waals surface area contributed by atoms with Crippen molar-refractivity contribution >= 4 is 12.2 Å². The van der Waals surface area contributed by atoms with E-state index in [4.69, 9.17) is 4.74 Å². The molecular formula is C32H29F3O. The first-order chi connectivity index (χ1) is 17.5. The van der Waals surface area contributed by atoms with E-state index in [0.717, 1.165) is 24.8 Å². The van der Waals surface area contributed by atoms with Crippen LogP contribution in [0.5, 0.6) is 5.75 Å². The number of aryl methyl sites for hydroxylation is 1. The molecule has 0 saturated heterocycles. The Morgan fingerprint density at radius 2 is 1.31 bits per heavy atom. The van der Waals surface area contributed by atoms with E-state index >= 15 is 8.78 Å². The first-order valence-corrected chi connectivity index (χ1v) is 12.2. The quantitative estimate of drug-likeness (QED) is 0.169. The van der Waals surface area contributed by atoms with Gasteiger partial charge in [-0.25, -0.2) is 13.2 Å². The van der Waals surface area contributed by atoms with E-state index in [2.05, 4.69) is 6.92 Å². The molecule has 1 nitrogen and oxygen atoms in total. The molecule has 0 unspecified atom stereocenters. The average molecular weight is 487 g/mol. The van der Waals surface area contributed by atoms with Gasteiger partial charge in [0.25, 0.3) is 0 Å². The van der Waals surface area contributed by atoms with Crippen LogP contribution in [-0.2, 0) is 6.42 Å². The number of unbranched alkanes of at least 4 members (excludes halogenated alkanes) is 2. The minimum absolute atomic E-state index is 0.198. The topological polar surface area (TPSA) is 9.23 Å². The Morgan fingerprint density at radius 1 is 0.694 bits per heavy atom. The van der Waals surface area contributed by atoms with Gasteiger partial charge in [-0.3, -0.25) is 0 Å². The summed E-state index contributed by atoms with van der Waals surface area (Å²) in [5, 5.41) is 0. The van der Waals surface area contributed by atoms with Crippen molar-refractivity contribution < 1.29 is 17.9 Å². The second-order valence-corrected chi connectivity index (χ2v) is 8.79. The Kier molecular flexibility index (Phi) is 8.27. The lowest BCUT2D eigenvalue weighted by Gasteiger charge is -2.10. The van der Waals surface area contributed by atoms with Gasteiger partial charge < -0.3 is 4.74 Å². The van der Waals surface area contributed by atoms with Gasteiger partial charge in [0.1, 0.15) is 11.6 Å². The molecule has 36 heavy (non-hydrogen) atoms. The van der Waals surface area contributed by atoms with Gasteiger partial charge in [-0.05, 0) is 47.2 Å². The molecule has 0 fully saturated rings. The molecule has 0 aliphatic rings. The van der Waals surface area contributed by atoms with E-state index < -0.39 is 11.6 Å². The zero-order chi connectivity index (χ0) is 25.5. The van der Waals surface area contributed by atoms with Crippen molar-refractivity contribution in [2.75, 3.05) is 7.11 Å². The summed E-state index contributed by atoms with van der Waals surface area (Å²) in [5.41, 5.74) is 4.11. The summed E-state index contributed by atoms with van der Waals surface area (Å²) >= 11 is 0. The Morgan fingerprint density at radius 3 is 1.86 bits per heavy atom. The van der Waals surface area contributed by atoms with Gasteiger partial charge in [0.05, 0.1) is 7.11 Å². The number of rotatable bonds is 9. The fourth-order valence-electron chi connectivity index (χ4n) is 4.16. The summed E-state index contributed by atoms with van der Waals surface area (Å²) in [5.74, 6) is -1.66. The highest BCUT2D eigenvalue weighted by Gasteiger charge is 2.16. The van der Waals surface area contributed by atoms with Crippen molar-refractivity contribution in [3.8, 4) is 28.0 Å². The lowest BCUT2D eigenvalue weighted by atomic mass is 9.97. The summed E-state index contributed by atoms with van der Waals surface area (Å²) in [4.78, 5) is 0. The fourth-order valence-corrected chi connectivity index (χ4v) is 4.16. The van der Waals surface area contributed by atoms with Gasteiger partial charge in [-0.2, -0.15) is 0 Å². The molecule has 0 spiro atoms. The molecule has 4 heteroatoms. The maximum absolute atomic E-state index is 15.1. The first kappa shape index (κ1) is 25.3. The van der Waals surface area contributed by atoms with Crippen LogP contribution in [0.4, 0.5) is 13.2 Å². The summed E-state index contributed by atoms with van der Waals surface area (Å²) in [6.45, 7) is 2.17. The molecule has 0 aromatic heterocycles. The third-order valence-electron chi connectivity index (χ3n) is 6.30. The number of methoxy groups -OCH3 is 1. The Balaban J connectivity index is 1.50. The number of benzene rings is 4. The number of ether oxygens (including phenoxy) is 1. The second kappa shape index (κ2) is 11.8. The van der Waals surface area contributed by atoms with E-state index in [1.165, 1.54) is 25.2 Å². The standard InChI is InChI=1S/C32H29F3O/c1-3-4-5-6-22-7-12-24(13-8-22)28-19-20-29(32(35)31(28)34)25-14-9-23(10-15-25)11-16-26-17-18-27(36-2)21-30(26)33/h7-21H,3-6H2,1-2H3. The van der Waals surface area contributed by atoms with Crippen molar-refractivity contribution in [2.45, 2.75) is 32.6 Å². The minimum atomic E-state index is -0.872. The van der Waals surface area contributed by atoms with Gasteiger partial charge in [0.15, 0.2) is 11.6 Å². The maximum atomic E-state index is 15.1. The third-order valence-corrected chi connectivity index (χ3v) is 6.30. The SMILES string of the molecule is CCCCCc1ccc(-c2ccc(-c3ccc(C=Cc4ccc(OC)cc4F)cc3)c(F)c2F)cc1. The molecule has 0 heterocycles. The molecule has 0 bridgehead atoms. The van der Waals surface area contributed by atoms with Crippen LogP contribution < -0.4 is 4.74 Å². The molecule has 0 amide bonds. The van der Waals surface area contributed by atoms with Crippen molar-refractivity contribution in [1.29, 1.82) is 0 Å². The molecule has 0 aliphatic heterocycles.